The van der Waals surface area contributed by atoms with Crippen molar-refractivity contribution in [2.75, 3.05) is 6.61 Å². The van der Waals surface area contributed by atoms with Crippen LogP contribution in [0.2, 0.25) is 0 Å². The summed E-state index contributed by atoms with van der Waals surface area (Å²) >= 11 is 0. The Kier molecular flexibility index (Phi) is 6.35. The van der Waals surface area contributed by atoms with Crippen LogP contribution in [0.25, 0.3) is 10.8 Å². The third-order valence-corrected chi connectivity index (χ3v) is 6.38. The molecule has 1 fully saturated rings. The summed E-state index contributed by atoms with van der Waals surface area (Å²) in [5, 5.41) is 2.47. The van der Waals surface area contributed by atoms with Gasteiger partial charge in [-0.1, -0.05) is 66.7 Å². The van der Waals surface area contributed by atoms with Crippen molar-refractivity contribution in [1.29, 1.82) is 0 Å². The third-order valence-electron chi connectivity index (χ3n) is 6.38. The summed E-state index contributed by atoms with van der Waals surface area (Å²) in [5.41, 5.74) is 8.96. The van der Waals surface area contributed by atoms with Gasteiger partial charge in [-0.2, -0.15) is 0 Å². The number of hydrogen-bond donors (Lipinski definition) is 1. The van der Waals surface area contributed by atoms with Gasteiger partial charge in [0.2, 0.25) is 0 Å². The molecule has 0 bridgehead atoms. The van der Waals surface area contributed by atoms with E-state index in [1.807, 2.05) is 30.3 Å². The maximum atomic E-state index is 6.57. The maximum absolute atomic E-state index is 6.57. The van der Waals surface area contributed by atoms with Crippen LogP contribution in [0.3, 0.4) is 0 Å². The normalized spacial score (nSPS) is 22.1. The van der Waals surface area contributed by atoms with Crippen molar-refractivity contribution in [2.24, 2.45) is 5.73 Å². The Hall–Kier alpha value is -2.92. The van der Waals surface area contributed by atoms with Crippen LogP contribution < -0.4 is 5.73 Å². The first-order valence-electron chi connectivity index (χ1n) is 11.3. The van der Waals surface area contributed by atoms with Crippen LogP contribution >= 0.6 is 0 Å². The standard InChI is InChI=1S/C28H29NO3/c29-25(16-20-7-2-1-3-8-20)28-17-27(24(19-32-28)26-11-6-14-30-26)31-18-21-12-13-22-9-4-5-10-23(22)15-21/h1-15,24-25,27-28H,16-19,29H2/t24-,25+,27-,28+/m0/s1. The number of fused-ring (bicyclic) bond motifs is 1. The van der Waals surface area contributed by atoms with Gasteiger partial charge in [0.15, 0.2) is 0 Å². The summed E-state index contributed by atoms with van der Waals surface area (Å²) < 4.78 is 18.4. The molecule has 0 radical (unpaired) electrons. The van der Waals surface area contributed by atoms with Crippen LogP contribution in [0.1, 0.15) is 29.2 Å². The van der Waals surface area contributed by atoms with Crippen LogP contribution in [0, 0.1) is 0 Å². The number of benzene rings is 3. The highest BCUT2D eigenvalue weighted by atomic mass is 16.5. The van der Waals surface area contributed by atoms with Crippen LogP contribution in [-0.2, 0) is 22.5 Å². The van der Waals surface area contributed by atoms with Gasteiger partial charge >= 0.3 is 0 Å². The molecule has 0 amide bonds. The lowest BCUT2D eigenvalue weighted by molar-refractivity contribution is -0.103. The molecule has 0 aliphatic carbocycles. The second-order valence-electron chi connectivity index (χ2n) is 8.61. The molecule has 1 aliphatic heterocycles. The van der Waals surface area contributed by atoms with Gasteiger partial charge in [-0.25, -0.2) is 0 Å². The van der Waals surface area contributed by atoms with Gasteiger partial charge in [0.25, 0.3) is 0 Å². The Morgan fingerprint density at radius 3 is 2.50 bits per heavy atom. The molecule has 32 heavy (non-hydrogen) atoms. The van der Waals surface area contributed by atoms with Crippen LogP contribution in [0.4, 0.5) is 0 Å². The fourth-order valence-corrected chi connectivity index (χ4v) is 4.60. The van der Waals surface area contributed by atoms with Gasteiger partial charge in [0, 0.05) is 12.5 Å². The molecular weight excluding hydrogens is 398 g/mol. The number of nitrogens with two attached hydrogens (primary N) is 1. The first-order chi connectivity index (χ1) is 15.8. The van der Waals surface area contributed by atoms with E-state index in [4.69, 9.17) is 19.6 Å². The SMILES string of the molecule is N[C@H](Cc1ccccc1)[C@H]1C[C@H](OCc2ccc3ccccc3c2)[C@H](c2ccco2)CO1. The number of rotatable bonds is 7. The lowest BCUT2D eigenvalue weighted by Gasteiger charge is -2.37. The van der Waals surface area contributed by atoms with Gasteiger partial charge in [-0.05, 0) is 46.5 Å². The molecule has 4 heteroatoms. The van der Waals surface area contributed by atoms with Gasteiger partial charge < -0.3 is 19.6 Å². The van der Waals surface area contributed by atoms with Crippen molar-refractivity contribution in [3.8, 4) is 0 Å². The van der Waals surface area contributed by atoms with Crippen molar-refractivity contribution in [3.05, 3.63) is 108 Å². The van der Waals surface area contributed by atoms with Crippen molar-refractivity contribution < 1.29 is 13.9 Å². The predicted octanol–water partition coefficient (Wildman–Crippen LogP) is 5.46. The summed E-state index contributed by atoms with van der Waals surface area (Å²) in [4.78, 5) is 0. The van der Waals surface area contributed by atoms with E-state index in [0.29, 0.717) is 13.2 Å². The van der Waals surface area contributed by atoms with Crippen LogP contribution in [-0.4, -0.2) is 24.9 Å². The summed E-state index contributed by atoms with van der Waals surface area (Å²) in [5.74, 6) is 0.967. The van der Waals surface area contributed by atoms with Gasteiger partial charge in [0.1, 0.15) is 5.76 Å². The average molecular weight is 428 g/mol. The molecule has 2 heterocycles. The van der Waals surface area contributed by atoms with Gasteiger partial charge in [-0.3, -0.25) is 0 Å². The lowest BCUT2D eigenvalue weighted by atomic mass is 9.88. The molecule has 4 atom stereocenters. The summed E-state index contributed by atoms with van der Waals surface area (Å²) in [6.07, 6.45) is 3.17. The van der Waals surface area contributed by atoms with E-state index in [1.54, 1.807) is 6.26 Å². The second-order valence-corrected chi connectivity index (χ2v) is 8.61. The fourth-order valence-electron chi connectivity index (χ4n) is 4.60. The highest BCUT2D eigenvalue weighted by Crippen LogP contribution is 2.33. The molecule has 5 rings (SSSR count). The summed E-state index contributed by atoms with van der Waals surface area (Å²) in [6.45, 7) is 1.09. The van der Waals surface area contributed by atoms with E-state index in [-0.39, 0.29) is 24.2 Å². The minimum atomic E-state index is -0.0817. The van der Waals surface area contributed by atoms with Crippen molar-refractivity contribution in [3.63, 3.8) is 0 Å². The Bertz CT molecular complexity index is 1130. The molecular formula is C28H29NO3. The molecule has 3 aromatic carbocycles. The number of ether oxygens (including phenoxy) is 2. The van der Waals surface area contributed by atoms with Gasteiger partial charge in [0.05, 0.1) is 37.6 Å². The molecule has 2 N–H and O–H groups in total. The van der Waals surface area contributed by atoms with E-state index < -0.39 is 0 Å². The molecule has 4 nitrogen and oxygen atoms in total. The fraction of sp³-hybridized carbons (Fsp3) is 0.286. The molecule has 0 saturated carbocycles. The van der Waals surface area contributed by atoms with E-state index in [2.05, 4.69) is 54.6 Å². The van der Waals surface area contributed by atoms with E-state index in [0.717, 1.165) is 18.6 Å². The zero-order valence-corrected chi connectivity index (χ0v) is 18.1. The third kappa shape index (κ3) is 4.78. The zero-order chi connectivity index (χ0) is 21.8. The predicted molar refractivity (Wildman–Crippen MR) is 126 cm³/mol. The molecule has 1 aliphatic rings. The Labute approximate surface area is 189 Å². The number of furan rings is 1. The Balaban J connectivity index is 1.29. The first kappa shape index (κ1) is 21.0. The zero-order valence-electron chi connectivity index (χ0n) is 18.1. The minimum absolute atomic E-state index is 0.0202. The molecule has 4 aromatic rings. The molecule has 0 spiro atoms. The summed E-state index contributed by atoms with van der Waals surface area (Å²) in [6, 6.07) is 29.1. The molecule has 0 unspecified atom stereocenters. The van der Waals surface area contributed by atoms with Crippen molar-refractivity contribution >= 4 is 10.8 Å². The van der Waals surface area contributed by atoms with Crippen molar-refractivity contribution in [2.45, 2.75) is 43.6 Å². The number of hydrogen-bond acceptors (Lipinski definition) is 4. The first-order valence-corrected chi connectivity index (χ1v) is 11.3. The maximum Gasteiger partial charge on any atom is 0.111 e. The minimum Gasteiger partial charge on any atom is -0.469 e. The monoisotopic (exact) mass is 427 g/mol. The topological polar surface area (TPSA) is 57.6 Å². The smallest absolute Gasteiger partial charge is 0.111 e. The highest BCUT2D eigenvalue weighted by Gasteiger charge is 2.37. The van der Waals surface area contributed by atoms with Gasteiger partial charge in [-0.15, -0.1) is 0 Å². The quantitative estimate of drug-likeness (QED) is 0.425. The highest BCUT2D eigenvalue weighted by molar-refractivity contribution is 5.82. The van der Waals surface area contributed by atoms with Crippen LogP contribution in [0.5, 0.6) is 0 Å². The second kappa shape index (κ2) is 9.70. The lowest BCUT2D eigenvalue weighted by Crippen LogP contribution is -2.47. The average Bonchev–Trinajstić information content (AvgIpc) is 3.38. The van der Waals surface area contributed by atoms with E-state index in [1.165, 1.54) is 21.9 Å². The van der Waals surface area contributed by atoms with Crippen LogP contribution in [0.15, 0.2) is 95.6 Å². The Morgan fingerprint density at radius 1 is 0.875 bits per heavy atom. The van der Waals surface area contributed by atoms with E-state index in [9.17, 15) is 0 Å². The van der Waals surface area contributed by atoms with E-state index >= 15 is 0 Å². The molecule has 1 saturated heterocycles. The molecule has 1 aromatic heterocycles. The molecule has 164 valence electrons. The Morgan fingerprint density at radius 2 is 1.69 bits per heavy atom. The summed E-state index contributed by atoms with van der Waals surface area (Å²) in [7, 11) is 0. The van der Waals surface area contributed by atoms with Crippen molar-refractivity contribution in [1.82, 2.24) is 0 Å². The largest absolute Gasteiger partial charge is 0.469 e.